The molecule has 2 aliphatic carbocycles. The minimum atomic E-state index is -0.0635. The summed E-state index contributed by atoms with van der Waals surface area (Å²) >= 11 is 0. The van der Waals surface area contributed by atoms with Crippen LogP contribution in [0.25, 0.3) is 11.4 Å². The van der Waals surface area contributed by atoms with Gasteiger partial charge in [-0.2, -0.15) is 0 Å². The summed E-state index contributed by atoms with van der Waals surface area (Å²) in [5, 5.41) is 0. The molecule has 232 valence electrons. The third kappa shape index (κ3) is 10.8. The molecule has 0 aliphatic heterocycles. The van der Waals surface area contributed by atoms with Crippen molar-refractivity contribution in [3.63, 3.8) is 0 Å². The summed E-state index contributed by atoms with van der Waals surface area (Å²) in [6, 6.07) is 7.72. The molecule has 0 saturated heterocycles. The minimum absolute atomic E-state index is 0.0440. The largest absolute Gasteiger partial charge is 0.426 e. The summed E-state index contributed by atoms with van der Waals surface area (Å²) in [6.45, 7) is 4.56. The lowest BCUT2D eigenvalue weighted by Gasteiger charge is -2.28. The number of hydrogen-bond acceptors (Lipinski definition) is 4. The minimum Gasteiger partial charge on any atom is -0.426 e. The molecule has 1 aromatic heterocycles. The molecule has 1 heterocycles. The molecule has 0 spiro atoms. The topological polar surface area (TPSA) is 52.1 Å². The molecule has 0 radical (unpaired) electrons. The molecule has 0 bridgehead atoms. The van der Waals surface area contributed by atoms with E-state index in [1.54, 1.807) is 0 Å². The van der Waals surface area contributed by atoms with E-state index in [1.165, 1.54) is 128 Å². The van der Waals surface area contributed by atoms with Crippen LogP contribution >= 0.6 is 0 Å². The molecule has 1 aromatic carbocycles. The molecule has 4 nitrogen and oxygen atoms in total. The fourth-order valence-electron chi connectivity index (χ4n) is 7.29. The normalized spacial score (nSPS) is 22.6. The van der Waals surface area contributed by atoms with Gasteiger partial charge in [-0.05, 0) is 98.9 Å². The van der Waals surface area contributed by atoms with E-state index in [-0.39, 0.29) is 11.9 Å². The highest BCUT2D eigenvalue weighted by atomic mass is 16.5. The Labute approximate surface area is 256 Å². The third-order valence-electron chi connectivity index (χ3n) is 10.2. The van der Waals surface area contributed by atoms with Crippen molar-refractivity contribution in [2.24, 2.45) is 17.8 Å². The van der Waals surface area contributed by atoms with Crippen LogP contribution in [-0.2, 0) is 4.79 Å². The average Bonchev–Trinajstić information content (AvgIpc) is 3.04. The predicted molar refractivity (Wildman–Crippen MR) is 175 cm³/mol. The second kappa shape index (κ2) is 18.4. The lowest BCUT2D eigenvalue weighted by Crippen LogP contribution is -2.25. The van der Waals surface area contributed by atoms with Gasteiger partial charge in [0.15, 0.2) is 5.82 Å². The smallest absolute Gasteiger partial charge is 0.314 e. The van der Waals surface area contributed by atoms with E-state index in [1.807, 2.05) is 36.7 Å². The second-order valence-corrected chi connectivity index (χ2v) is 13.5. The van der Waals surface area contributed by atoms with E-state index >= 15 is 0 Å². The first-order chi connectivity index (χ1) is 20.7. The van der Waals surface area contributed by atoms with Crippen molar-refractivity contribution in [2.75, 3.05) is 0 Å². The number of hydrogen-bond donors (Lipinski definition) is 0. The Balaban J connectivity index is 1.15. The summed E-state index contributed by atoms with van der Waals surface area (Å²) in [6.07, 6.45) is 31.5. The van der Waals surface area contributed by atoms with Gasteiger partial charge in [0.1, 0.15) is 5.75 Å². The Hall–Kier alpha value is -2.23. The Morgan fingerprint density at radius 2 is 1.17 bits per heavy atom. The number of unbranched alkanes of at least 4 members (excludes halogenated alkanes) is 9. The third-order valence-corrected chi connectivity index (χ3v) is 10.2. The number of esters is 1. The highest BCUT2D eigenvalue weighted by Crippen LogP contribution is 2.38. The Bertz CT molecular complexity index is 1000. The van der Waals surface area contributed by atoms with Crippen molar-refractivity contribution in [3.8, 4) is 17.1 Å². The van der Waals surface area contributed by atoms with Crippen LogP contribution in [-0.4, -0.2) is 15.9 Å². The van der Waals surface area contributed by atoms with Crippen LogP contribution in [0.15, 0.2) is 36.7 Å². The van der Waals surface area contributed by atoms with Gasteiger partial charge in [-0.15, -0.1) is 0 Å². The lowest BCUT2D eigenvalue weighted by atomic mass is 9.77. The van der Waals surface area contributed by atoms with E-state index in [0.717, 1.165) is 36.1 Å². The van der Waals surface area contributed by atoms with Crippen molar-refractivity contribution in [3.05, 3.63) is 42.2 Å². The molecule has 0 unspecified atom stereocenters. The standard InChI is InChI=1S/C38H58N2O2/c1-3-5-7-9-11-13-15-30-16-20-32(21-17-30)35-28-39-37(40-29-35)33-24-26-36(27-25-33)42-38(41)34-22-18-31(19-23-34)14-12-10-8-6-4-2/h24-32,34H,3-23H2,1-2H3/t30-,31-,32-,34-. The number of rotatable bonds is 17. The van der Waals surface area contributed by atoms with Crippen molar-refractivity contribution < 1.29 is 9.53 Å². The number of carbonyl (C=O) groups is 1. The Morgan fingerprint density at radius 1 is 0.667 bits per heavy atom. The van der Waals surface area contributed by atoms with Crippen LogP contribution in [0, 0.1) is 17.8 Å². The van der Waals surface area contributed by atoms with Crippen molar-refractivity contribution in [1.29, 1.82) is 0 Å². The molecule has 2 aliphatic rings. The first-order valence-electron chi connectivity index (χ1n) is 17.8. The van der Waals surface area contributed by atoms with Crippen molar-refractivity contribution in [1.82, 2.24) is 9.97 Å². The first kappa shape index (κ1) is 32.7. The molecule has 0 amide bonds. The van der Waals surface area contributed by atoms with E-state index < -0.39 is 0 Å². The van der Waals surface area contributed by atoms with Crippen molar-refractivity contribution in [2.45, 2.75) is 155 Å². The molecule has 42 heavy (non-hydrogen) atoms. The highest BCUT2D eigenvalue weighted by molar-refractivity contribution is 5.75. The summed E-state index contributed by atoms with van der Waals surface area (Å²) in [5.74, 6) is 3.65. The number of carbonyl (C=O) groups excluding carboxylic acids is 1. The SMILES string of the molecule is CCCCCCCC[C@H]1CC[C@H](c2cnc(-c3ccc(OC(=O)[C@H]4CC[C@H](CCCCCCC)CC4)cc3)nc2)CC1. The number of benzene rings is 1. The van der Waals surface area contributed by atoms with Gasteiger partial charge in [0.05, 0.1) is 5.92 Å². The molecule has 2 aromatic rings. The number of nitrogens with zero attached hydrogens (tertiary/aromatic N) is 2. The van der Waals surface area contributed by atoms with Gasteiger partial charge >= 0.3 is 5.97 Å². The maximum atomic E-state index is 12.8. The Kier molecular flexibility index (Phi) is 14.3. The van der Waals surface area contributed by atoms with Crippen LogP contribution in [0.5, 0.6) is 5.75 Å². The molecule has 2 saturated carbocycles. The number of aromatic nitrogens is 2. The zero-order valence-electron chi connectivity index (χ0n) is 26.8. The lowest BCUT2D eigenvalue weighted by molar-refractivity contribution is -0.140. The summed E-state index contributed by atoms with van der Waals surface area (Å²) in [5.41, 5.74) is 2.25. The summed E-state index contributed by atoms with van der Waals surface area (Å²) < 4.78 is 5.78. The molecule has 0 atom stereocenters. The fraction of sp³-hybridized carbons (Fsp3) is 0.711. The van der Waals surface area contributed by atoms with Crippen molar-refractivity contribution >= 4 is 5.97 Å². The average molecular weight is 575 g/mol. The molecule has 2 fully saturated rings. The monoisotopic (exact) mass is 574 g/mol. The maximum absolute atomic E-state index is 12.8. The molecule has 4 rings (SSSR count). The van der Waals surface area contributed by atoms with Crippen LogP contribution in [0.3, 0.4) is 0 Å². The second-order valence-electron chi connectivity index (χ2n) is 13.5. The van der Waals surface area contributed by atoms with Crippen LogP contribution in [0.4, 0.5) is 0 Å². The van der Waals surface area contributed by atoms with Gasteiger partial charge in [-0.25, -0.2) is 9.97 Å². The zero-order valence-corrected chi connectivity index (χ0v) is 26.8. The summed E-state index contributed by atoms with van der Waals surface area (Å²) in [4.78, 5) is 22.3. The van der Waals surface area contributed by atoms with Gasteiger partial charge < -0.3 is 4.74 Å². The van der Waals surface area contributed by atoms with Crippen LogP contribution < -0.4 is 4.74 Å². The van der Waals surface area contributed by atoms with E-state index in [0.29, 0.717) is 11.7 Å². The molecule has 0 N–H and O–H groups in total. The van der Waals surface area contributed by atoms with Crippen LogP contribution in [0.1, 0.15) is 160 Å². The van der Waals surface area contributed by atoms with Gasteiger partial charge in [-0.1, -0.05) is 97.3 Å². The molecular formula is C38H58N2O2. The van der Waals surface area contributed by atoms with Gasteiger partial charge in [0.25, 0.3) is 0 Å². The van der Waals surface area contributed by atoms with Crippen LogP contribution in [0.2, 0.25) is 0 Å². The fourth-order valence-corrected chi connectivity index (χ4v) is 7.29. The molecule has 4 heteroatoms. The van der Waals surface area contributed by atoms with Gasteiger partial charge in [0, 0.05) is 18.0 Å². The van der Waals surface area contributed by atoms with E-state index in [2.05, 4.69) is 13.8 Å². The molecular weight excluding hydrogens is 516 g/mol. The summed E-state index contributed by atoms with van der Waals surface area (Å²) in [7, 11) is 0. The van der Waals surface area contributed by atoms with Gasteiger partial charge in [0.2, 0.25) is 0 Å². The van der Waals surface area contributed by atoms with E-state index in [4.69, 9.17) is 14.7 Å². The highest BCUT2D eigenvalue weighted by Gasteiger charge is 2.27. The quantitative estimate of drug-likeness (QED) is 0.107. The zero-order chi connectivity index (χ0) is 29.4. The number of ether oxygens (including phenoxy) is 1. The van der Waals surface area contributed by atoms with Gasteiger partial charge in [-0.3, -0.25) is 4.79 Å². The van der Waals surface area contributed by atoms with E-state index in [9.17, 15) is 4.79 Å². The predicted octanol–water partition coefficient (Wildman–Crippen LogP) is 11.2. The first-order valence-corrected chi connectivity index (χ1v) is 17.8. The Morgan fingerprint density at radius 3 is 1.71 bits per heavy atom. The maximum Gasteiger partial charge on any atom is 0.314 e.